The Bertz CT molecular complexity index is 417. The summed E-state index contributed by atoms with van der Waals surface area (Å²) in [5.41, 5.74) is 0. The van der Waals surface area contributed by atoms with Gasteiger partial charge in [-0.25, -0.2) is 4.79 Å². The second kappa shape index (κ2) is 7.00. The van der Waals surface area contributed by atoms with E-state index in [9.17, 15) is 9.59 Å². The molecule has 100 valence electrons. The normalized spacial score (nSPS) is 11.9. The molecule has 1 aromatic rings. The molecule has 1 aromatic heterocycles. The SMILES string of the molecule is CCC(CNC(=O)NCc1ccc(C)s1)C(=O)O. The number of aliphatic carboxylic acids is 1. The molecule has 2 amide bonds. The molecule has 1 heterocycles. The van der Waals surface area contributed by atoms with E-state index in [1.54, 1.807) is 18.3 Å². The van der Waals surface area contributed by atoms with Gasteiger partial charge in [-0.15, -0.1) is 11.3 Å². The summed E-state index contributed by atoms with van der Waals surface area (Å²) in [7, 11) is 0. The second-order valence-corrected chi connectivity index (χ2v) is 5.39. The third-order valence-electron chi connectivity index (χ3n) is 2.57. The summed E-state index contributed by atoms with van der Waals surface area (Å²) in [6, 6.07) is 3.63. The number of carboxylic acids is 1. The average Bonchev–Trinajstić information content (AvgIpc) is 2.73. The van der Waals surface area contributed by atoms with Crippen molar-refractivity contribution in [3.8, 4) is 0 Å². The molecule has 0 saturated heterocycles. The Morgan fingerprint density at radius 3 is 2.61 bits per heavy atom. The number of nitrogens with one attached hydrogen (secondary N) is 2. The highest BCUT2D eigenvalue weighted by atomic mass is 32.1. The van der Waals surface area contributed by atoms with Gasteiger partial charge in [0.25, 0.3) is 0 Å². The van der Waals surface area contributed by atoms with Crippen LogP contribution in [0.3, 0.4) is 0 Å². The first-order valence-electron chi connectivity index (χ1n) is 5.82. The molecule has 0 saturated carbocycles. The van der Waals surface area contributed by atoms with Crippen LogP contribution in [0.2, 0.25) is 0 Å². The van der Waals surface area contributed by atoms with Crippen LogP contribution in [-0.2, 0) is 11.3 Å². The number of aryl methyl sites for hydroxylation is 1. The molecule has 0 aliphatic rings. The Kier molecular flexibility index (Phi) is 5.64. The second-order valence-electron chi connectivity index (χ2n) is 4.02. The van der Waals surface area contributed by atoms with Gasteiger partial charge in [0.15, 0.2) is 0 Å². The standard InChI is InChI=1S/C12H18N2O3S/c1-3-9(11(15)16)6-13-12(17)14-7-10-5-4-8(2)18-10/h4-5,9H,3,6-7H2,1-2H3,(H,15,16)(H2,13,14,17). The molecule has 1 rings (SSSR count). The van der Waals surface area contributed by atoms with E-state index >= 15 is 0 Å². The van der Waals surface area contributed by atoms with E-state index in [0.29, 0.717) is 13.0 Å². The lowest BCUT2D eigenvalue weighted by Crippen LogP contribution is -2.39. The summed E-state index contributed by atoms with van der Waals surface area (Å²) in [6.07, 6.45) is 0.500. The zero-order valence-corrected chi connectivity index (χ0v) is 11.3. The lowest BCUT2D eigenvalue weighted by molar-refractivity contribution is -0.141. The zero-order chi connectivity index (χ0) is 13.5. The smallest absolute Gasteiger partial charge is 0.315 e. The third-order valence-corrected chi connectivity index (χ3v) is 3.57. The monoisotopic (exact) mass is 270 g/mol. The van der Waals surface area contributed by atoms with Crippen LogP contribution in [0.4, 0.5) is 4.79 Å². The Morgan fingerprint density at radius 2 is 2.11 bits per heavy atom. The largest absolute Gasteiger partial charge is 0.481 e. The molecule has 0 aliphatic heterocycles. The van der Waals surface area contributed by atoms with Gasteiger partial charge in [-0.1, -0.05) is 6.92 Å². The number of amides is 2. The fourth-order valence-corrected chi connectivity index (χ4v) is 2.26. The lowest BCUT2D eigenvalue weighted by Gasteiger charge is -2.11. The maximum Gasteiger partial charge on any atom is 0.315 e. The van der Waals surface area contributed by atoms with Crippen molar-refractivity contribution < 1.29 is 14.7 Å². The fourth-order valence-electron chi connectivity index (χ4n) is 1.43. The van der Waals surface area contributed by atoms with Gasteiger partial charge >= 0.3 is 12.0 Å². The Balaban J connectivity index is 2.27. The van der Waals surface area contributed by atoms with E-state index in [1.165, 1.54) is 4.88 Å². The van der Waals surface area contributed by atoms with Gasteiger partial charge in [-0.05, 0) is 25.5 Å². The molecular formula is C12H18N2O3S. The van der Waals surface area contributed by atoms with Crippen molar-refractivity contribution in [2.24, 2.45) is 5.92 Å². The van der Waals surface area contributed by atoms with Crippen LogP contribution in [0.5, 0.6) is 0 Å². The van der Waals surface area contributed by atoms with Crippen molar-refractivity contribution in [3.63, 3.8) is 0 Å². The number of hydrogen-bond acceptors (Lipinski definition) is 3. The Morgan fingerprint density at radius 1 is 1.39 bits per heavy atom. The van der Waals surface area contributed by atoms with Gasteiger partial charge in [0, 0.05) is 16.3 Å². The van der Waals surface area contributed by atoms with Crippen molar-refractivity contribution in [1.29, 1.82) is 0 Å². The molecule has 18 heavy (non-hydrogen) atoms. The highest BCUT2D eigenvalue weighted by Gasteiger charge is 2.15. The summed E-state index contributed by atoms with van der Waals surface area (Å²) in [4.78, 5) is 24.5. The molecule has 6 heteroatoms. The van der Waals surface area contributed by atoms with Gasteiger partial charge in [0.05, 0.1) is 12.5 Å². The van der Waals surface area contributed by atoms with Crippen molar-refractivity contribution in [2.45, 2.75) is 26.8 Å². The third kappa shape index (κ3) is 4.75. The average molecular weight is 270 g/mol. The van der Waals surface area contributed by atoms with E-state index < -0.39 is 11.9 Å². The van der Waals surface area contributed by atoms with Crippen molar-refractivity contribution >= 4 is 23.3 Å². The molecule has 0 aliphatic carbocycles. The highest BCUT2D eigenvalue weighted by Crippen LogP contribution is 2.14. The van der Waals surface area contributed by atoms with Crippen LogP contribution in [0.1, 0.15) is 23.1 Å². The maximum absolute atomic E-state index is 11.5. The first-order valence-corrected chi connectivity index (χ1v) is 6.64. The van der Waals surface area contributed by atoms with E-state index in [2.05, 4.69) is 10.6 Å². The van der Waals surface area contributed by atoms with E-state index in [1.807, 2.05) is 19.1 Å². The predicted octanol–water partition coefficient (Wildman–Crippen LogP) is 1.97. The van der Waals surface area contributed by atoms with Gasteiger partial charge in [-0.2, -0.15) is 0 Å². The van der Waals surface area contributed by atoms with Crippen LogP contribution in [0, 0.1) is 12.8 Å². The Hall–Kier alpha value is -1.56. The Labute approximate surface area is 110 Å². The first kappa shape index (κ1) is 14.5. The van der Waals surface area contributed by atoms with Crippen LogP contribution in [0.15, 0.2) is 12.1 Å². The molecule has 3 N–H and O–H groups in total. The summed E-state index contributed by atoms with van der Waals surface area (Å²) in [6.45, 7) is 4.41. The van der Waals surface area contributed by atoms with Crippen molar-refractivity contribution in [1.82, 2.24) is 10.6 Å². The number of carboxylic acid groups (broad SMARTS) is 1. The van der Waals surface area contributed by atoms with E-state index in [4.69, 9.17) is 5.11 Å². The number of hydrogen-bond donors (Lipinski definition) is 3. The van der Waals surface area contributed by atoms with E-state index in [-0.39, 0.29) is 12.6 Å². The fraction of sp³-hybridized carbons (Fsp3) is 0.500. The quantitative estimate of drug-likeness (QED) is 0.739. The predicted molar refractivity (Wildman–Crippen MR) is 70.7 cm³/mol. The minimum absolute atomic E-state index is 0.154. The van der Waals surface area contributed by atoms with Crippen molar-refractivity contribution in [3.05, 3.63) is 21.9 Å². The van der Waals surface area contributed by atoms with Gasteiger partial charge in [0.1, 0.15) is 0 Å². The molecule has 0 aromatic carbocycles. The lowest BCUT2D eigenvalue weighted by atomic mass is 10.1. The van der Waals surface area contributed by atoms with Gasteiger partial charge in [0.2, 0.25) is 0 Å². The molecule has 5 nitrogen and oxygen atoms in total. The van der Waals surface area contributed by atoms with E-state index in [0.717, 1.165) is 4.88 Å². The molecule has 1 atom stereocenters. The minimum atomic E-state index is -0.883. The summed E-state index contributed by atoms with van der Waals surface area (Å²) < 4.78 is 0. The number of thiophene rings is 1. The number of urea groups is 1. The van der Waals surface area contributed by atoms with Gasteiger partial charge < -0.3 is 15.7 Å². The number of rotatable bonds is 6. The zero-order valence-electron chi connectivity index (χ0n) is 10.5. The van der Waals surface area contributed by atoms with Crippen molar-refractivity contribution in [2.75, 3.05) is 6.54 Å². The number of carbonyl (C=O) groups excluding carboxylic acids is 1. The molecular weight excluding hydrogens is 252 g/mol. The molecule has 0 bridgehead atoms. The maximum atomic E-state index is 11.5. The minimum Gasteiger partial charge on any atom is -0.481 e. The molecule has 0 spiro atoms. The summed E-state index contributed by atoms with van der Waals surface area (Å²) in [5, 5.41) is 14.1. The topological polar surface area (TPSA) is 78.4 Å². The van der Waals surface area contributed by atoms with Crippen LogP contribution in [0.25, 0.3) is 0 Å². The summed E-state index contributed by atoms with van der Waals surface area (Å²) >= 11 is 1.63. The van der Waals surface area contributed by atoms with Crippen LogP contribution >= 0.6 is 11.3 Å². The molecule has 0 radical (unpaired) electrons. The molecule has 1 unspecified atom stereocenters. The first-order chi connectivity index (χ1) is 8.52. The van der Waals surface area contributed by atoms with Gasteiger partial charge in [-0.3, -0.25) is 4.79 Å². The van der Waals surface area contributed by atoms with Crippen LogP contribution < -0.4 is 10.6 Å². The highest BCUT2D eigenvalue weighted by molar-refractivity contribution is 7.11. The summed E-state index contributed by atoms with van der Waals surface area (Å²) in [5.74, 6) is -1.41. The van der Waals surface area contributed by atoms with Crippen LogP contribution in [-0.4, -0.2) is 23.7 Å². The number of carbonyl (C=O) groups is 2. The molecule has 0 fully saturated rings.